The Bertz CT molecular complexity index is 1160. The van der Waals surface area contributed by atoms with Gasteiger partial charge in [0.1, 0.15) is 0 Å². The maximum atomic E-state index is 13.4. The van der Waals surface area contributed by atoms with Crippen LogP contribution in [0, 0.1) is 59.3 Å². The van der Waals surface area contributed by atoms with E-state index in [-0.39, 0.29) is 33.9 Å². The molecular formula is C26H27BrCl2F9LiN2P2. The van der Waals surface area contributed by atoms with Gasteiger partial charge in [-0.3, -0.25) is 9.34 Å². The van der Waals surface area contributed by atoms with Gasteiger partial charge in [0, 0.05) is 23.2 Å². The molecule has 0 amide bonds. The third-order valence-electron chi connectivity index (χ3n) is 4.43. The van der Waals surface area contributed by atoms with Crippen LogP contribution in [0.5, 0.6) is 0 Å². The molecule has 0 atom stereocenters. The minimum atomic E-state index is -1.76. The molecule has 3 aromatic carbocycles. The third kappa shape index (κ3) is 15.5. The quantitative estimate of drug-likeness (QED) is 0.0681. The average Bonchev–Trinajstić information content (AvgIpc) is 2.89. The fourth-order valence-corrected chi connectivity index (χ4v) is 5.03. The fourth-order valence-electron chi connectivity index (χ4n) is 2.46. The van der Waals surface area contributed by atoms with Gasteiger partial charge in [-0.2, -0.15) is 6.42 Å². The number of benzene rings is 3. The molecule has 17 heteroatoms. The van der Waals surface area contributed by atoms with E-state index in [0.29, 0.717) is 0 Å². The van der Waals surface area contributed by atoms with Crippen LogP contribution in [0.15, 0.2) is 40.9 Å². The van der Waals surface area contributed by atoms with Crippen LogP contribution in [0.1, 0.15) is 19.8 Å². The molecule has 0 radical (unpaired) electrons. The summed E-state index contributed by atoms with van der Waals surface area (Å²) in [4.78, 5) is 0. The molecule has 0 aliphatic carbocycles. The van der Waals surface area contributed by atoms with E-state index >= 15 is 0 Å². The van der Waals surface area contributed by atoms with Gasteiger partial charge in [-0.05, 0) is 64.6 Å². The van der Waals surface area contributed by atoms with Crippen molar-refractivity contribution >= 4 is 63.9 Å². The van der Waals surface area contributed by atoms with Crippen molar-refractivity contribution in [3.63, 3.8) is 0 Å². The minimum Gasteiger partial charge on any atom is -0.343 e. The Morgan fingerprint density at radius 2 is 0.860 bits per heavy atom. The van der Waals surface area contributed by atoms with Gasteiger partial charge in [0.15, 0.2) is 59.1 Å². The summed E-state index contributed by atoms with van der Waals surface area (Å²) in [5.74, 6) is -12.7. The van der Waals surface area contributed by atoms with Crippen molar-refractivity contribution in [3.05, 3.63) is 100 Å². The van der Waals surface area contributed by atoms with Crippen molar-refractivity contribution in [2.24, 2.45) is 0 Å². The molecule has 0 fully saturated rings. The summed E-state index contributed by atoms with van der Waals surface area (Å²) < 4.78 is 119. The van der Waals surface area contributed by atoms with Gasteiger partial charge in [0.25, 0.3) is 0 Å². The third-order valence-corrected chi connectivity index (χ3v) is 9.60. The maximum Gasteiger partial charge on any atom is 1.00 e. The van der Waals surface area contributed by atoms with Crippen molar-refractivity contribution in [1.29, 1.82) is 0 Å². The molecule has 236 valence electrons. The molecule has 0 aromatic heterocycles. The number of hydrogen-bond donors (Lipinski definition) is 0. The first kappa shape index (κ1) is 44.6. The molecule has 0 aliphatic rings. The van der Waals surface area contributed by atoms with Gasteiger partial charge < -0.3 is 6.92 Å². The van der Waals surface area contributed by atoms with Crippen molar-refractivity contribution in [2.45, 2.75) is 19.8 Å². The Balaban J connectivity index is 0. The molecule has 0 N–H and O–H groups in total. The molecule has 0 saturated carbocycles. The number of hydrogen-bond acceptors (Lipinski definition) is 2. The number of unbranched alkanes of at least 4 members (excludes halogenated alkanes) is 1. The Hall–Kier alpha value is -0.533. The van der Waals surface area contributed by atoms with E-state index < -0.39 is 67.2 Å². The van der Waals surface area contributed by atoms with E-state index in [4.69, 9.17) is 22.5 Å². The Morgan fingerprint density at radius 1 is 0.628 bits per heavy atom. The SMILES string of the molecule is CN(C)P(Cl)Cl.CN(C)P(c1cc(F)c(F)c(F)c1)c1cc(F)c(F)c(F)c1.Fc1cc(Br)cc(F)c1F.[CH2-]CCC.[Li+]. The second-order valence-electron chi connectivity index (χ2n) is 8.21. The maximum absolute atomic E-state index is 13.4. The largest absolute Gasteiger partial charge is 1.00 e. The smallest absolute Gasteiger partial charge is 0.343 e. The van der Waals surface area contributed by atoms with E-state index in [1.165, 1.54) is 25.2 Å². The molecule has 0 spiro atoms. The first-order valence-electron chi connectivity index (χ1n) is 11.5. The van der Waals surface area contributed by atoms with E-state index in [9.17, 15) is 39.5 Å². The van der Waals surface area contributed by atoms with E-state index in [1.54, 1.807) is 4.67 Å². The summed E-state index contributed by atoms with van der Waals surface area (Å²) in [5.41, 5.74) is 0. The second-order valence-corrected chi connectivity index (χ2v) is 15.2. The molecule has 0 saturated heterocycles. The minimum absolute atomic E-state index is 0. The van der Waals surface area contributed by atoms with Gasteiger partial charge in [0.05, 0.1) is 0 Å². The summed E-state index contributed by atoms with van der Waals surface area (Å²) in [7, 11) is 4.95. The van der Waals surface area contributed by atoms with Gasteiger partial charge in [-0.25, -0.2) is 39.5 Å². The average molecular weight is 758 g/mol. The normalized spacial score (nSPS) is 10.5. The molecule has 0 bridgehead atoms. The molecule has 43 heavy (non-hydrogen) atoms. The predicted octanol–water partition coefficient (Wildman–Crippen LogP) is 7.17. The number of nitrogens with zero attached hydrogens (tertiary/aromatic N) is 2. The van der Waals surface area contributed by atoms with E-state index in [2.05, 4.69) is 29.8 Å². The van der Waals surface area contributed by atoms with Crippen LogP contribution in [0.25, 0.3) is 0 Å². The molecular weight excluding hydrogens is 731 g/mol. The molecule has 3 rings (SSSR count). The number of halogens is 12. The summed E-state index contributed by atoms with van der Waals surface area (Å²) in [5, 5.41) is 0.00335. The fraction of sp³-hybridized carbons (Fsp3) is 0.269. The zero-order valence-corrected chi connectivity index (χ0v) is 28.8. The zero-order valence-electron chi connectivity index (χ0n) is 23.9. The van der Waals surface area contributed by atoms with Crippen LogP contribution in [0.3, 0.4) is 0 Å². The van der Waals surface area contributed by atoms with Crippen LogP contribution >= 0.6 is 53.3 Å². The summed E-state index contributed by atoms with van der Waals surface area (Å²) >= 11 is 13.5. The van der Waals surface area contributed by atoms with Gasteiger partial charge >= 0.3 is 18.9 Å². The van der Waals surface area contributed by atoms with Crippen LogP contribution in [0.2, 0.25) is 0 Å². The Labute approximate surface area is 278 Å². The predicted molar refractivity (Wildman–Crippen MR) is 159 cm³/mol. The van der Waals surface area contributed by atoms with Crippen LogP contribution in [0.4, 0.5) is 39.5 Å². The number of rotatable bonds is 5. The summed E-state index contributed by atoms with van der Waals surface area (Å²) in [6.07, 6.45) is 2.28. The van der Waals surface area contributed by atoms with Crippen molar-refractivity contribution < 1.29 is 58.4 Å². The van der Waals surface area contributed by atoms with Crippen LogP contribution in [-0.4, -0.2) is 37.5 Å². The van der Waals surface area contributed by atoms with E-state index in [0.717, 1.165) is 42.8 Å². The van der Waals surface area contributed by atoms with Gasteiger partial charge in [0.2, 0.25) is 0 Å². The zero-order chi connectivity index (χ0) is 32.9. The first-order valence-corrected chi connectivity index (χ1v) is 16.7. The topological polar surface area (TPSA) is 6.48 Å². The van der Waals surface area contributed by atoms with Crippen molar-refractivity contribution in [3.8, 4) is 0 Å². The summed E-state index contributed by atoms with van der Waals surface area (Å²) in [6.45, 7) is 4.84. The van der Waals surface area contributed by atoms with E-state index in [1.807, 2.05) is 14.1 Å². The second kappa shape index (κ2) is 22.1. The molecule has 2 nitrogen and oxygen atoms in total. The Morgan fingerprint density at radius 3 is 1.05 bits per heavy atom. The molecule has 3 aromatic rings. The molecule has 0 aliphatic heterocycles. The van der Waals surface area contributed by atoms with Gasteiger partial charge in [-0.1, -0.05) is 51.8 Å². The Kier molecular flexibility index (Phi) is 22.9. The molecule has 0 heterocycles. The first-order chi connectivity index (χ1) is 19.4. The van der Waals surface area contributed by atoms with Crippen LogP contribution in [-0.2, 0) is 0 Å². The van der Waals surface area contributed by atoms with Crippen molar-refractivity contribution in [1.82, 2.24) is 9.34 Å². The van der Waals surface area contributed by atoms with Gasteiger partial charge in [-0.15, -0.1) is 0 Å². The van der Waals surface area contributed by atoms with Crippen LogP contribution < -0.4 is 29.5 Å². The molecule has 0 unspecified atom stereocenters. The summed E-state index contributed by atoms with van der Waals surface area (Å²) in [6, 6.07) is 4.73. The van der Waals surface area contributed by atoms with Crippen molar-refractivity contribution in [2.75, 3.05) is 28.2 Å². The monoisotopic (exact) mass is 756 g/mol. The standard InChI is InChI=1S/C14H10F6NP.C6H2BrF3.C4H9.C2H6Cl2NP.Li/c1-21(2)22(7-3-9(15)13(19)10(16)4-7)8-5-11(17)14(20)12(18)6-8;7-3-1-4(8)6(10)5(9)2-3;1-3-4-2;1-5(2)6(3)4;/h3-6H,1-2H3;1-2H;1,3-4H2,2H3;1-2H3;/q;;-1;;+1.